The van der Waals surface area contributed by atoms with Crippen LogP contribution >= 0.6 is 0 Å². The molecule has 1 aromatic carbocycles. The molecule has 0 radical (unpaired) electrons. The van der Waals surface area contributed by atoms with Crippen LogP contribution in [0.15, 0.2) is 48.9 Å². The molecule has 0 saturated heterocycles. The van der Waals surface area contributed by atoms with Gasteiger partial charge in [-0.2, -0.15) is 5.10 Å². The van der Waals surface area contributed by atoms with Crippen molar-refractivity contribution >= 4 is 17.5 Å². The Kier molecular flexibility index (Phi) is 6.95. The number of carbonyl (C=O) groups is 2. The largest absolute Gasteiger partial charge is 0.339 e. The molecule has 1 saturated carbocycles. The topological polar surface area (TPSA) is 88.9 Å². The molecule has 2 N–H and O–H groups in total. The summed E-state index contributed by atoms with van der Waals surface area (Å²) in [7, 11) is 1.62. The highest BCUT2D eigenvalue weighted by Gasteiger charge is 2.40. The second-order valence-electron chi connectivity index (χ2n) is 9.20. The van der Waals surface area contributed by atoms with Gasteiger partial charge in [0.2, 0.25) is 11.8 Å². The summed E-state index contributed by atoms with van der Waals surface area (Å²) < 4.78 is 28.9. The third kappa shape index (κ3) is 5.55. The van der Waals surface area contributed by atoms with E-state index in [1.165, 1.54) is 10.9 Å². The molecule has 1 aliphatic rings. The lowest BCUT2D eigenvalue weighted by atomic mass is 9.81. The fourth-order valence-electron chi connectivity index (χ4n) is 4.70. The van der Waals surface area contributed by atoms with E-state index in [1.807, 2.05) is 26.0 Å². The molecule has 7 nitrogen and oxygen atoms in total. The molecule has 3 aromatic rings. The zero-order valence-corrected chi connectivity index (χ0v) is 20.0. The lowest BCUT2D eigenvalue weighted by Crippen LogP contribution is -2.50. The smallest absolute Gasteiger partial charge is 0.270 e. The van der Waals surface area contributed by atoms with E-state index in [-0.39, 0.29) is 31.4 Å². The Morgan fingerprint density at radius 3 is 2.26 bits per heavy atom. The zero-order chi connectivity index (χ0) is 25.2. The van der Waals surface area contributed by atoms with Gasteiger partial charge in [-0.15, -0.1) is 0 Å². The van der Waals surface area contributed by atoms with Crippen molar-refractivity contribution in [1.29, 1.82) is 0 Å². The first-order valence-electron chi connectivity index (χ1n) is 11.6. The number of anilines is 1. The molecule has 9 heteroatoms. The number of alkyl halides is 2. The average Bonchev–Trinajstić information content (AvgIpc) is 3.24. The molecular formula is C26H29F2N5O2. The number of carbonyl (C=O) groups excluding carboxylic acids is 2. The summed E-state index contributed by atoms with van der Waals surface area (Å²) in [6.07, 6.45) is 4.79. The number of aromatic nitrogens is 3. The number of hydrogen-bond acceptors (Lipinski definition) is 4. The highest BCUT2D eigenvalue weighted by atomic mass is 19.3. The summed E-state index contributed by atoms with van der Waals surface area (Å²) in [6, 6.07) is 8.01. The number of hydrogen-bond donors (Lipinski definition) is 2. The monoisotopic (exact) mass is 481 g/mol. The number of halogens is 2. The number of pyridine rings is 1. The fraction of sp³-hybridized carbons (Fsp3) is 0.385. The molecule has 1 fully saturated rings. The van der Waals surface area contributed by atoms with Gasteiger partial charge in [-0.1, -0.05) is 12.1 Å². The third-order valence-electron chi connectivity index (χ3n) is 6.62. The molecular weight excluding hydrogens is 452 g/mol. The van der Waals surface area contributed by atoms with Crippen molar-refractivity contribution < 1.29 is 18.4 Å². The van der Waals surface area contributed by atoms with Crippen molar-refractivity contribution in [3.63, 3.8) is 0 Å². The van der Waals surface area contributed by atoms with Gasteiger partial charge in [0.25, 0.3) is 5.91 Å². The van der Waals surface area contributed by atoms with Gasteiger partial charge in [0.15, 0.2) is 0 Å². The van der Waals surface area contributed by atoms with Gasteiger partial charge in [-0.05, 0) is 73.1 Å². The molecule has 0 unspecified atom stereocenters. The molecule has 1 atom stereocenters. The zero-order valence-electron chi connectivity index (χ0n) is 20.0. The van der Waals surface area contributed by atoms with Crippen LogP contribution in [0.3, 0.4) is 0 Å². The number of amides is 2. The standard InChI is InChI=1S/C26H29F2N5O2/c1-16-14-29-15-17(2)22(16)18-4-6-20(7-5-18)31-25(35)23(19-8-11-26(27,28)12-9-19)32-24(34)21-10-13-30-33(21)3/h4-7,10,13-15,19,23H,8-9,11-12H2,1-3H3,(H,31,35)(H,32,34)/t23-/m0/s1. The minimum atomic E-state index is -2.73. The first kappa shape index (κ1) is 24.5. The molecule has 184 valence electrons. The van der Waals surface area contributed by atoms with E-state index in [1.54, 1.807) is 37.6 Å². The van der Waals surface area contributed by atoms with Crippen LogP contribution in [0.2, 0.25) is 0 Å². The SMILES string of the molecule is Cc1cncc(C)c1-c1ccc(NC(=O)[C@@H](NC(=O)c2ccnn2C)C2CCC(F)(F)CC2)cc1. The predicted octanol–water partition coefficient (Wildman–Crippen LogP) is 4.66. The summed E-state index contributed by atoms with van der Waals surface area (Å²) in [6.45, 7) is 3.99. The van der Waals surface area contributed by atoms with Crippen LogP contribution in [0, 0.1) is 19.8 Å². The van der Waals surface area contributed by atoms with E-state index in [0.29, 0.717) is 5.69 Å². The Labute approximate surface area is 202 Å². The highest BCUT2D eigenvalue weighted by Crippen LogP contribution is 2.38. The Balaban J connectivity index is 1.52. The van der Waals surface area contributed by atoms with Crippen LogP contribution < -0.4 is 10.6 Å². The highest BCUT2D eigenvalue weighted by molar-refractivity contribution is 6.00. The van der Waals surface area contributed by atoms with Crippen molar-refractivity contribution in [1.82, 2.24) is 20.1 Å². The minimum absolute atomic E-state index is 0.149. The van der Waals surface area contributed by atoms with Crippen LogP contribution in [-0.4, -0.2) is 38.5 Å². The van der Waals surface area contributed by atoms with E-state index >= 15 is 0 Å². The minimum Gasteiger partial charge on any atom is -0.339 e. The summed E-state index contributed by atoms with van der Waals surface area (Å²) in [5.74, 6) is -4.03. The van der Waals surface area contributed by atoms with Gasteiger partial charge >= 0.3 is 0 Å². The summed E-state index contributed by atoms with van der Waals surface area (Å²) in [5.41, 5.74) is 5.03. The van der Waals surface area contributed by atoms with Crippen LogP contribution in [0.1, 0.15) is 47.3 Å². The second-order valence-corrected chi connectivity index (χ2v) is 9.20. The molecule has 4 rings (SSSR count). The van der Waals surface area contributed by atoms with Crippen molar-refractivity contribution in [2.24, 2.45) is 13.0 Å². The number of benzene rings is 1. The Morgan fingerprint density at radius 1 is 1.06 bits per heavy atom. The van der Waals surface area contributed by atoms with Gasteiger partial charge in [-0.3, -0.25) is 19.3 Å². The van der Waals surface area contributed by atoms with E-state index in [0.717, 1.165) is 22.3 Å². The van der Waals surface area contributed by atoms with Crippen LogP contribution in [0.25, 0.3) is 11.1 Å². The first-order valence-corrected chi connectivity index (χ1v) is 11.6. The molecule has 2 amide bonds. The maximum absolute atomic E-state index is 13.8. The molecule has 2 heterocycles. The Bertz CT molecular complexity index is 1190. The molecule has 2 aromatic heterocycles. The van der Waals surface area contributed by atoms with Gasteiger partial charge in [0, 0.05) is 44.2 Å². The maximum Gasteiger partial charge on any atom is 0.270 e. The number of nitrogens with zero attached hydrogens (tertiary/aromatic N) is 3. The predicted molar refractivity (Wildman–Crippen MR) is 129 cm³/mol. The Hall–Kier alpha value is -3.62. The van der Waals surface area contributed by atoms with Gasteiger partial charge in [0.1, 0.15) is 11.7 Å². The first-order chi connectivity index (χ1) is 16.6. The van der Waals surface area contributed by atoms with E-state index in [4.69, 9.17) is 0 Å². The third-order valence-corrected chi connectivity index (χ3v) is 6.62. The Morgan fingerprint density at radius 2 is 1.69 bits per heavy atom. The molecule has 1 aliphatic carbocycles. The lowest BCUT2D eigenvalue weighted by molar-refractivity contribution is -0.121. The second kappa shape index (κ2) is 9.93. The van der Waals surface area contributed by atoms with Gasteiger partial charge in [0.05, 0.1) is 0 Å². The summed E-state index contributed by atoms with van der Waals surface area (Å²) in [5, 5.41) is 9.61. The number of nitrogens with one attached hydrogen (secondary N) is 2. The van der Waals surface area contributed by atoms with Crippen molar-refractivity contribution in [3.8, 4) is 11.1 Å². The van der Waals surface area contributed by atoms with E-state index in [2.05, 4.69) is 20.7 Å². The summed E-state index contributed by atoms with van der Waals surface area (Å²) >= 11 is 0. The average molecular weight is 482 g/mol. The van der Waals surface area contributed by atoms with Gasteiger partial charge in [-0.25, -0.2) is 8.78 Å². The number of rotatable bonds is 6. The molecule has 35 heavy (non-hydrogen) atoms. The van der Waals surface area contributed by atoms with Crippen LogP contribution in [0.4, 0.5) is 14.5 Å². The van der Waals surface area contributed by atoms with Crippen molar-refractivity contribution in [2.45, 2.75) is 51.5 Å². The lowest BCUT2D eigenvalue weighted by Gasteiger charge is -2.33. The maximum atomic E-state index is 13.8. The van der Waals surface area contributed by atoms with Crippen LogP contribution in [0.5, 0.6) is 0 Å². The molecule has 0 spiro atoms. The summed E-state index contributed by atoms with van der Waals surface area (Å²) in [4.78, 5) is 30.3. The fourth-order valence-corrected chi connectivity index (χ4v) is 4.70. The van der Waals surface area contributed by atoms with Crippen LogP contribution in [-0.2, 0) is 11.8 Å². The normalized spacial score (nSPS) is 16.5. The van der Waals surface area contributed by atoms with Crippen molar-refractivity contribution in [2.75, 3.05) is 5.32 Å². The van der Waals surface area contributed by atoms with Crippen molar-refractivity contribution in [3.05, 3.63) is 65.7 Å². The van der Waals surface area contributed by atoms with E-state index in [9.17, 15) is 18.4 Å². The van der Waals surface area contributed by atoms with E-state index < -0.39 is 29.7 Å². The quantitative estimate of drug-likeness (QED) is 0.536. The van der Waals surface area contributed by atoms with Gasteiger partial charge < -0.3 is 10.6 Å². The number of aryl methyl sites for hydroxylation is 3. The molecule has 0 aliphatic heterocycles. The molecule has 0 bridgehead atoms.